The summed E-state index contributed by atoms with van der Waals surface area (Å²) in [6.45, 7) is 10.1. The topological polar surface area (TPSA) is 93.7 Å². The van der Waals surface area contributed by atoms with Crippen LogP contribution in [0.1, 0.15) is 31.8 Å². The van der Waals surface area contributed by atoms with Gasteiger partial charge < -0.3 is 19.7 Å². The lowest BCUT2D eigenvalue weighted by atomic mass is 10.1. The van der Waals surface area contributed by atoms with Gasteiger partial charge in [-0.15, -0.1) is 0 Å². The van der Waals surface area contributed by atoms with Crippen molar-refractivity contribution >= 4 is 67.8 Å². The zero-order valence-electron chi connectivity index (χ0n) is 22.9. The van der Waals surface area contributed by atoms with Crippen LogP contribution >= 0.6 is 34.8 Å². The molecule has 0 spiro atoms. The van der Waals surface area contributed by atoms with Crippen LogP contribution in [0.5, 0.6) is 0 Å². The molecule has 41 heavy (non-hydrogen) atoms. The summed E-state index contributed by atoms with van der Waals surface area (Å²) in [5.74, 6) is -0.0748. The Bertz CT molecular complexity index is 1530. The van der Waals surface area contributed by atoms with Crippen LogP contribution in [0.4, 0.5) is 0 Å². The lowest BCUT2D eigenvalue weighted by molar-refractivity contribution is 0.0303. The van der Waals surface area contributed by atoms with Gasteiger partial charge in [0.05, 0.1) is 58.6 Å². The molecule has 0 unspecified atom stereocenters. The summed E-state index contributed by atoms with van der Waals surface area (Å²) >= 11 is 17.9. The minimum Gasteiger partial charge on any atom is -0.379 e. The third-order valence-corrected chi connectivity index (χ3v) is 7.52. The Morgan fingerprint density at radius 2 is 1.27 bits per heavy atom. The van der Waals surface area contributed by atoms with Crippen molar-refractivity contribution < 1.29 is 19.1 Å². The Morgan fingerprint density at radius 1 is 0.780 bits per heavy atom. The van der Waals surface area contributed by atoms with Gasteiger partial charge in [-0.05, 0) is 49.7 Å². The number of rotatable bonds is 2. The number of nitrogens with one attached hydrogen (secondary N) is 1. The monoisotopic (exact) mass is 616 g/mol. The first kappa shape index (κ1) is 31.1. The number of aryl methyl sites for hydroxylation is 2. The van der Waals surface area contributed by atoms with Crippen molar-refractivity contribution in [1.29, 1.82) is 0 Å². The van der Waals surface area contributed by atoms with E-state index in [9.17, 15) is 9.59 Å². The number of aromatic nitrogens is 2. The molecular formula is C30H31Cl3N4O4. The third kappa shape index (κ3) is 8.13. The van der Waals surface area contributed by atoms with E-state index in [1.807, 2.05) is 50.2 Å². The molecule has 0 saturated carbocycles. The molecule has 2 saturated heterocycles. The van der Waals surface area contributed by atoms with Crippen LogP contribution in [-0.2, 0) is 9.47 Å². The van der Waals surface area contributed by atoms with E-state index in [1.54, 1.807) is 11.1 Å². The number of carbonyl (C=O) groups excluding carboxylic acids is 2. The molecular weight excluding hydrogens is 587 g/mol. The molecule has 1 amide bonds. The molecule has 4 aromatic rings. The van der Waals surface area contributed by atoms with E-state index in [1.165, 1.54) is 6.20 Å². The summed E-state index contributed by atoms with van der Waals surface area (Å²) in [7, 11) is 0. The minimum atomic E-state index is -0.587. The Labute approximate surface area is 253 Å². The van der Waals surface area contributed by atoms with Gasteiger partial charge in [0.25, 0.3) is 11.1 Å². The molecule has 0 radical (unpaired) electrons. The number of morpholine rings is 2. The van der Waals surface area contributed by atoms with Crippen molar-refractivity contribution in [3.05, 3.63) is 81.1 Å². The van der Waals surface area contributed by atoms with E-state index in [2.05, 4.69) is 15.3 Å². The summed E-state index contributed by atoms with van der Waals surface area (Å²) in [4.78, 5) is 33.7. The molecule has 2 aromatic heterocycles. The average molecular weight is 618 g/mol. The van der Waals surface area contributed by atoms with E-state index >= 15 is 0 Å². The number of hydrogen-bond donors (Lipinski definition) is 1. The number of halogens is 3. The maximum atomic E-state index is 12.5. The van der Waals surface area contributed by atoms with E-state index in [-0.39, 0.29) is 11.5 Å². The van der Waals surface area contributed by atoms with E-state index in [0.717, 1.165) is 59.2 Å². The smallest absolute Gasteiger partial charge is 0.257 e. The maximum absolute atomic E-state index is 12.5. The van der Waals surface area contributed by atoms with Crippen molar-refractivity contribution in [3.63, 3.8) is 0 Å². The first-order chi connectivity index (χ1) is 19.8. The fraction of sp³-hybridized carbons (Fsp3) is 0.333. The summed E-state index contributed by atoms with van der Waals surface area (Å²) in [6, 6.07) is 11.5. The van der Waals surface area contributed by atoms with Crippen LogP contribution < -0.4 is 5.32 Å². The molecule has 0 aliphatic carbocycles. The average Bonchev–Trinajstić information content (AvgIpc) is 3.00. The number of amides is 1. The lowest BCUT2D eigenvalue weighted by Gasteiger charge is -2.27. The standard InChI is InChI=1S/C15H15ClN2O2.C11H7Cl2NO.C4H9NO/c1-10-2-3-13-11(8-10)14(16)12(9-17-13)15(19)18-4-6-20-7-5-18;1-6-2-3-9-7(4-6)10(12)8(5-14-9)11(13)15;1-3-6-4-2-5-1/h2-3,8-9H,4-7H2,1H3;2-5H,1H3;5H,1-4H2. The highest BCUT2D eigenvalue weighted by Gasteiger charge is 2.22. The van der Waals surface area contributed by atoms with E-state index < -0.39 is 5.24 Å². The summed E-state index contributed by atoms with van der Waals surface area (Å²) < 4.78 is 10.3. The van der Waals surface area contributed by atoms with Crippen LogP contribution in [0, 0.1) is 13.8 Å². The predicted molar refractivity (Wildman–Crippen MR) is 164 cm³/mol. The van der Waals surface area contributed by atoms with Gasteiger partial charge in [0.1, 0.15) is 0 Å². The fourth-order valence-electron chi connectivity index (χ4n) is 4.29. The van der Waals surface area contributed by atoms with Gasteiger partial charge in [0, 0.05) is 49.3 Å². The molecule has 0 bridgehead atoms. The molecule has 2 fully saturated rings. The first-order valence-corrected chi connectivity index (χ1v) is 14.3. The third-order valence-electron chi connectivity index (χ3n) is 6.50. The minimum absolute atomic E-state index is 0.0748. The van der Waals surface area contributed by atoms with Gasteiger partial charge >= 0.3 is 0 Å². The number of benzene rings is 2. The molecule has 2 aliphatic rings. The molecule has 0 atom stereocenters. The number of pyridine rings is 2. The van der Waals surface area contributed by atoms with Crippen molar-refractivity contribution in [3.8, 4) is 0 Å². The van der Waals surface area contributed by atoms with Gasteiger partial charge in [-0.25, -0.2) is 0 Å². The predicted octanol–water partition coefficient (Wildman–Crippen LogP) is 5.85. The number of nitrogens with zero attached hydrogens (tertiary/aromatic N) is 3. The second-order valence-corrected chi connectivity index (χ2v) is 10.7. The Hall–Kier alpha value is -2.85. The highest BCUT2D eigenvalue weighted by molar-refractivity contribution is 6.69. The van der Waals surface area contributed by atoms with Crippen molar-refractivity contribution in [1.82, 2.24) is 20.2 Å². The van der Waals surface area contributed by atoms with Gasteiger partial charge in [-0.1, -0.05) is 46.5 Å². The number of hydrogen-bond acceptors (Lipinski definition) is 7. The second-order valence-electron chi connectivity index (χ2n) is 9.55. The Kier molecular flexibility index (Phi) is 11.3. The molecule has 216 valence electrons. The van der Waals surface area contributed by atoms with Crippen molar-refractivity contribution in [2.24, 2.45) is 0 Å². The van der Waals surface area contributed by atoms with Gasteiger partial charge in [0.15, 0.2) is 0 Å². The lowest BCUT2D eigenvalue weighted by Crippen LogP contribution is -2.40. The number of ether oxygens (including phenoxy) is 2. The number of carbonyl (C=O) groups is 2. The summed E-state index contributed by atoms with van der Waals surface area (Å²) in [6.07, 6.45) is 2.97. The van der Waals surface area contributed by atoms with Crippen LogP contribution in [-0.4, -0.2) is 78.6 Å². The first-order valence-electron chi connectivity index (χ1n) is 13.2. The quantitative estimate of drug-likeness (QED) is 0.282. The van der Waals surface area contributed by atoms with Gasteiger partial charge in [-0.2, -0.15) is 0 Å². The Balaban J connectivity index is 0.000000161. The highest BCUT2D eigenvalue weighted by Crippen LogP contribution is 2.28. The molecule has 4 heterocycles. The second kappa shape index (κ2) is 14.9. The van der Waals surface area contributed by atoms with Gasteiger partial charge in [0.2, 0.25) is 0 Å². The van der Waals surface area contributed by atoms with Crippen LogP contribution in [0.3, 0.4) is 0 Å². The van der Waals surface area contributed by atoms with E-state index in [4.69, 9.17) is 44.3 Å². The molecule has 8 nitrogen and oxygen atoms in total. The zero-order chi connectivity index (χ0) is 29.4. The van der Waals surface area contributed by atoms with Crippen molar-refractivity contribution in [2.75, 3.05) is 52.6 Å². The highest BCUT2D eigenvalue weighted by atomic mass is 35.5. The fourth-order valence-corrected chi connectivity index (χ4v) is 5.05. The van der Waals surface area contributed by atoms with E-state index in [0.29, 0.717) is 41.9 Å². The molecule has 1 N–H and O–H groups in total. The largest absolute Gasteiger partial charge is 0.379 e. The zero-order valence-corrected chi connectivity index (χ0v) is 25.2. The normalized spacial score (nSPS) is 15.0. The summed E-state index contributed by atoms with van der Waals surface area (Å²) in [5, 5.41) is 5.00. The molecule has 2 aliphatic heterocycles. The SMILES string of the molecule is C1COCCN1.Cc1ccc2ncc(C(=O)Cl)c(Cl)c2c1.Cc1ccc2ncc(C(=O)N3CCOCC3)c(Cl)c2c1. The van der Waals surface area contributed by atoms with Crippen LogP contribution in [0.25, 0.3) is 21.8 Å². The summed E-state index contributed by atoms with van der Waals surface area (Å²) in [5.41, 5.74) is 4.43. The van der Waals surface area contributed by atoms with Crippen LogP contribution in [0.2, 0.25) is 10.0 Å². The molecule has 2 aromatic carbocycles. The van der Waals surface area contributed by atoms with Gasteiger partial charge in [-0.3, -0.25) is 19.6 Å². The van der Waals surface area contributed by atoms with Crippen LogP contribution in [0.15, 0.2) is 48.8 Å². The molecule has 11 heteroatoms. The Morgan fingerprint density at radius 3 is 1.73 bits per heavy atom. The number of fused-ring (bicyclic) bond motifs is 2. The molecule has 6 rings (SSSR count). The van der Waals surface area contributed by atoms with Crippen molar-refractivity contribution in [2.45, 2.75) is 13.8 Å². The maximum Gasteiger partial charge on any atom is 0.257 e.